The number of nitrogens with one attached hydrogen (secondary N) is 1. The molecule has 2 atom stereocenters. The molecule has 1 N–H and O–H groups in total. The van der Waals surface area contributed by atoms with E-state index >= 15 is 0 Å². The summed E-state index contributed by atoms with van der Waals surface area (Å²) in [5, 5.41) is 5.66. The van der Waals surface area contributed by atoms with Crippen molar-refractivity contribution in [2.24, 2.45) is 10.4 Å². The first-order valence-electron chi connectivity index (χ1n) is 13.6. The first-order valence-corrected chi connectivity index (χ1v) is 14.4. The number of carbonyl (C=O) groups excluding carboxylic acids is 3. The lowest BCUT2D eigenvalue weighted by Crippen LogP contribution is -2.57. The van der Waals surface area contributed by atoms with Crippen LogP contribution < -0.4 is 5.32 Å². The molecule has 2 aliphatic heterocycles. The minimum Gasteiger partial charge on any atom is -0.466 e. The predicted octanol–water partition coefficient (Wildman–Crippen LogP) is 2.55. The van der Waals surface area contributed by atoms with Crippen LogP contribution in [0.1, 0.15) is 36.0 Å². The molecule has 3 heterocycles. The Morgan fingerprint density at radius 2 is 2.05 bits per heavy atom. The number of benzene rings is 1. The number of thiazole rings is 1. The van der Waals surface area contributed by atoms with Gasteiger partial charge in [-0.25, -0.2) is 18.6 Å². The van der Waals surface area contributed by atoms with Gasteiger partial charge >= 0.3 is 5.97 Å². The molecule has 2 aliphatic rings. The lowest BCUT2D eigenvalue weighted by atomic mass is 9.92. The Balaban J connectivity index is 1.68. The molecular formula is C29H36F2N6O4S. The number of rotatable bonds is 11. The molecule has 1 aromatic heterocycles. The number of aldehydes is 1. The maximum absolute atomic E-state index is 14.7. The van der Waals surface area contributed by atoms with Gasteiger partial charge in [0.25, 0.3) is 0 Å². The molecule has 226 valence electrons. The molecule has 4 rings (SSSR count). The molecule has 0 bridgehead atoms. The topological polar surface area (TPSA) is 107 Å². The van der Waals surface area contributed by atoms with E-state index in [0.29, 0.717) is 61.4 Å². The molecule has 0 saturated carbocycles. The van der Waals surface area contributed by atoms with Crippen LogP contribution in [0.5, 0.6) is 0 Å². The van der Waals surface area contributed by atoms with Crippen LogP contribution >= 0.6 is 11.3 Å². The molecule has 13 heteroatoms. The van der Waals surface area contributed by atoms with E-state index < -0.39 is 29.1 Å². The second kappa shape index (κ2) is 13.2. The summed E-state index contributed by atoms with van der Waals surface area (Å²) in [6.07, 6.45) is 3.25. The average molecular weight is 603 g/mol. The molecule has 2 aromatic rings. The van der Waals surface area contributed by atoms with E-state index in [2.05, 4.69) is 20.1 Å². The zero-order chi connectivity index (χ0) is 30.6. The van der Waals surface area contributed by atoms with Crippen molar-refractivity contribution in [3.05, 3.63) is 62.7 Å². The molecule has 1 amide bonds. The summed E-state index contributed by atoms with van der Waals surface area (Å²) < 4.78 is 33.9. The lowest BCUT2D eigenvalue weighted by Gasteiger charge is -2.42. The van der Waals surface area contributed by atoms with Crippen molar-refractivity contribution in [1.82, 2.24) is 25.0 Å². The van der Waals surface area contributed by atoms with Gasteiger partial charge in [0.1, 0.15) is 12.3 Å². The minimum atomic E-state index is -0.998. The van der Waals surface area contributed by atoms with Gasteiger partial charge in [-0.3, -0.25) is 19.6 Å². The normalized spacial score (nSPS) is 20.1. The quantitative estimate of drug-likeness (QED) is 0.309. The highest BCUT2D eigenvalue weighted by atomic mass is 32.1. The number of aliphatic imine (C=N–C) groups is 1. The summed E-state index contributed by atoms with van der Waals surface area (Å²) in [6, 6.07) is 1.48. The van der Waals surface area contributed by atoms with Crippen LogP contribution in [0, 0.1) is 24.0 Å². The summed E-state index contributed by atoms with van der Waals surface area (Å²) in [7, 11) is 3.26. The van der Waals surface area contributed by atoms with Crippen molar-refractivity contribution in [1.29, 1.82) is 0 Å². The molecule has 0 spiro atoms. The summed E-state index contributed by atoms with van der Waals surface area (Å²) in [5.41, 5.74) is 0.451. The second-order valence-corrected chi connectivity index (χ2v) is 12.2. The van der Waals surface area contributed by atoms with E-state index in [1.165, 1.54) is 31.4 Å². The smallest absolute Gasteiger partial charge is 0.338 e. The Labute approximate surface area is 248 Å². The number of amidine groups is 1. The molecular weight excluding hydrogens is 566 g/mol. The fraction of sp³-hybridized carbons (Fsp3) is 0.483. The van der Waals surface area contributed by atoms with E-state index in [-0.39, 0.29) is 17.2 Å². The SMILES string of the molecule is COC(=O)C1=C(CN2CCN(C)C(CN(C=O)CC(C)(C)C=O)C2)NC(c2nccs2)=N[C@H]1c1ccc(F)c(F)c1C. The van der Waals surface area contributed by atoms with Gasteiger partial charge in [0, 0.05) is 68.0 Å². The van der Waals surface area contributed by atoms with Crippen molar-refractivity contribution >= 4 is 35.8 Å². The van der Waals surface area contributed by atoms with Crippen molar-refractivity contribution in [3.8, 4) is 0 Å². The number of ether oxygens (including phenoxy) is 1. The largest absolute Gasteiger partial charge is 0.466 e. The Morgan fingerprint density at radius 1 is 1.29 bits per heavy atom. The summed E-state index contributed by atoms with van der Waals surface area (Å²) in [4.78, 5) is 51.6. The van der Waals surface area contributed by atoms with Gasteiger partial charge in [0.15, 0.2) is 22.5 Å². The third-order valence-corrected chi connectivity index (χ3v) is 8.39. The number of halogens is 2. The third kappa shape index (κ3) is 6.90. The highest BCUT2D eigenvalue weighted by Gasteiger charge is 2.36. The minimum absolute atomic E-state index is 0.0338. The number of carbonyl (C=O) groups is 3. The zero-order valence-electron chi connectivity index (χ0n) is 24.4. The van der Waals surface area contributed by atoms with Gasteiger partial charge in [0.2, 0.25) is 6.41 Å². The maximum atomic E-state index is 14.7. The third-order valence-electron chi connectivity index (χ3n) is 7.61. The van der Waals surface area contributed by atoms with Crippen molar-refractivity contribution in [2.75, 3.05) is 53.4 Å². The standard InChI is InChI=1S/C29H36F2N6O4S/c1-18-20(6-7-21(30)24(18)31)25-23(28(40)41-5)22(33-26(34-25)27-32-8-11-42-27)14-36-10-9-35(4)19(12-36)13-37(17-39)15-29(2,3)16-38/h6-8,11,16-17,19,25H,9-10,12-15H2,1-5H3,(H,33,34)/t19?,25-/m0/s1. The fourth-order valence-electron chi connectivity index (χ4n) is 5.26. The van der Waals surface area contributed by atoms with Gasteiger partial charge in [-0.1, -0.05) is 19.9 Å². The number of piperazine rings is 1. The molecule has 0 aliphatic carbocycles. The van der Waals surface area contributed by atoms with Crippen LogP contribution in [0.15, 0.2) is 40.0 Å². The number of likely N-dealkylation sites (N-methyl/N-ethyl adjacent to an activating group) is 1. The Bertz CT molecular complexity index is 1380. The van der Waals surface area contributed by atoms with Crippen molar-refractivity contribution < 1.29 is 27.9 Å². The maximum Gasteiger partial charge on any atom is 0.338 e. The number of aromatic nitrogens is 1. The van der Waals surface area contributed by atoms with Crippen LogP contribution in [0.3, 0.4) is 0 Å². The van der Waals surface area contributed by atoms with Gasteiger partial charge in [-0.2, -0.15) is 0 Å². The molecule has 10 nitrogen and oxygen atoms in total. The number of amides is 1. The van der Waals surface area contributed by atoms with Crippen LogP contribution in [0.4, 0.5) is 8.78 Å². The summed E-state index contributed by atoms with van der Waals surface area (Å²) >= 11 is 1.36. The average Bonchev–Trinajstić information content (AvgIpc) is 3.52. The number of hydrogen-bond acceptors (Lipinski definition) is 10. The molecule has 42 heavy (non-hydrogen) atoms. The van der Waals surface area contributed by atoms with Gasteiger partial charge in [-0.15, -0.1) is 11.3 Å². The van der Waals surface area contributed by atoms with Crippen molar-refractivity contribution in [2.45, 2.75) is 32.9 Å². The summed E-state index contributed by atoms with van der Waals surface area (Å²) in [5.74, 6) is -2.21. The molecule has 1 saturated heterocycles. The molecule has 0 radical (unpaired) electrons. The molecule has 1 unspecified atom stereocenters. The van der Waals surface area contributed by atoms with E-state index in [4.69, 9.17) is 9.73 Å². The first kappa shape index (κ1) is 31.4. The highest BCUT2D eigenvalue weighted by molar-refractivity contribution is 7.11. The number of methoxy groups -OCH3 is 1. The van der Waals surface area contributed by atoms with Crippen molar-refractivity contribution in [3.63, 3.8) is 0 Å². The Kier molecular flexibility index (Phi) is 9.85. The van der Waals surface area contributed by atoms with E-state index in [1.54, 1.807) is 30.3 Å². The summed E-state index contributed by atoms with van der Waals surface area (Å²) in [6.45, 7) is 8.00. The number of esters is 1. The second-order valence-electron chi connectivity index (χ2n) is 11.3. The van der Waals surface area contributed by atoms with E-state index in [9.17, 15) is 23.2 Å². The van der Waals surface area contributed by atoms with Gasteiger partial charge in [-0.05, 0) is 31.2 Å². The van der Waals surface area contributed by atoms with E-state index in [1.807, 2.05) is 7.05 Å². The highest BCUT2D eigenvalue weighted by Crippen LogP contribution is 2.36. The monoisotopic (exact) mass is 602 g/mol. The lowest BCUT2D eigenvalue weighted by molar-refractivity contribution is -0.136. The molecule has 1 aromatic carbocycles. The predicted molar refractivity (Wildman–Crippen MR) is 155 cm³/mol. The van der Waals surface area contributed by atoms with Gasteiger partial charge in [0.05, 0.1) is 12.7 Å². The van der Waals surface area contributed by atoms with Crippen LogP contribution in [-0.2, 0) is 19.1 Å². The number of nitrogens with zero attached hydrogens (tertiary/aromatic N) is 5. The molecule has 1 fully saturated rings. The first-order chi connectivity index (χ1) is 20.0. The van der Waals surface area contributed by atoms with Crippen LogP contribution in [0.2, 0.25) is 0 Å². The van der Waals surface area contributed by atoms with Crippen LogP contribution in [-0.4, -0.2) is 104 Å². The Morgan fingerprint density at radius 3 is 2.69 bits per heavy atom. The Hall–Kier alpha value is -3.55. The zero-order valence-corrected chi connectivity index (χ0v) is 25.2. The van der Waals surface area contributed by atoms with E-state index in [0.717, 1.165) is 18.8 Å². The van der Waals surface area contributed by atoms with Crippen LogP contribution in [0.25, 0.3) is 0 Å². The number of hydrogen-bond donors (Lipinski definition) is 1. The fourth-order valence-corrected chi connectivity index (χ4v) is 5.85. The van der Waals surface area contributed by atoms with Gasteiger partial charge < -0.3 is 19.7 Å².